The van der Waals surface area contributed by atoms with Gasteiger partial charge in [0.2, 0.25) is 0 Å². The van der Waals surface area contributed by atoms with Crippen molar-refractivity contribution in [3.05, 3.63) is 0 Å². The molecule has 0 radical (unpaired) electrons. The van der Waals surface area contributed by atoms with Gasteiger partial charge in [-0.25, -0.2) is 0 Å². The Morgan fingerprint density at radius 1 is 1.00 bits per heavy atom. The SMILES string of the molecule is CC.CCC.CCCC(C)(C)NC.CS. The highest BCUT2D eigenvalue weighted by Crippen LogP contribution is 2.08. The number of nitrogens with one attached hydrogen (secondary N) is 1. The molecule has 0 atom stereocenters. The molecule has 0 aliphatic carbocycles. The van der Waals surface area contributed by atoms with Crippen molar-refractivity contribution >= 4 is 12.6 Å². The molecule has 0 bridgehead atoms. The first-order valence-electron chi connectivity index (χ1n) is 6.17. The molecule has 0 saturated heterocycles. The summed E-state index contributed by atoms with van der Waals surface area (Å²) in [6.45, 7) is 14.9. The van der Waals surface area contributed by atoms with Gasteiger partial charge < -0.3 is 5.32 Å². The van der Waals surface area contributed by atoms with E-state index < -0.39 is 0 Å². The first-order chi connectivity index (χ1) is 7.04. The quantitative estimate of drug-likeness (QED) is 0.674. The Bertz CT molecular complexity index is 72.9. The molecule has 0 fully saturated rings. The van der Waals surface area contributed by atoms with Crippen LogP contribution in [-0.2, 0) is 0 Å². The molecule has 0 aromatic heterocycles. The maximum atomic E-state index is 3.53. The maximum Gasteiger partial charge on any atom is 0.0122 e. The monoisotopic (exact) mass is 237 g/mol. The van der Waals surface area contributed by atoms with Crippen molar-refractivity contribution in [1.29, 1.82) is 0 Å². The normalized spacial score (nSPS) is 8.40. The summed E-state index contributed by atoms with van der Waals surface area (Å²) in [6, 6.07) is 0. The van der Waals surface area contributed by atoms with Crippen molar-refractivity contribution < 1.29 is 0 Å². The molecule has 15 heavy (non-hydrogen) atoms. The fourth-order valence-electron chi connectivity index (χ4n) is 0.750. The molecule has 0 aliphatic heterocycles. The molecule has 0 aromatic rings. The average Bonchev–Trinajstić information content (AvgIpc) is 2.25. The van der Waals surface area contributed by atoms with E-state index in [-0.39, 0.29) is 0 Å². The Labute approximate surface area is 105 Å². The number of thiol groups is 1. The van der Waals surface area contributed by atoms with Crippen LogP contribution in [0.3, 0.4) is 0 Å². The summed E-state index contributed by atoms with van der Waals surface area (Å²) in [5.74, 6) is 0. The number of rotatable bonds is 3. The number of hydrogen-bond donors (Lipinski definition) is 2. The molecule has 1 N–H and O–H groups in total. The third-order valence-corrected chi connectivity index (χ3v) is 1.55. The minimum atomic E-state index is 0.342. The van der Waals surface area contributed by atoms with Gasteiger partial charge in [0, 0.05) is 5.54 Å². The van der Waals surface area contributed by atoms with Crippen molar-refractivity contribution in [2.75, 3.05) is 13.3 Å². The molecule has 0 aromatic carbocycles. The van der Waals surface area contributed by atoms with E-state index in [0.717, 1.165) is 0 Å². The van der Waals surface area contributed by atoms with Crippen LogP contribution in [0.1, 0.15) is 67.7 Å². The predicted molar refractivity (Wildman–Crippen MR) is 80.3 cm³/mol. The second-order valence-electron chi connectivity index (χ2n) is 3.59. The molecule has 98 valence electrons. The molecule has 0 aliphatic rings. The third kappa shape index (κ3) is 40.6. The second kappa shape index (κ2) is 23.8. The van der Waals surface area contributed by atoms with E-state index in [1.165, 1.54) is 19.3 Å². The summed E-state index contributed by atoms with van der Waals surface area (Å²) < 4.78 is 0. The van der Waals surface area contributed by atoms with Crippen LogP contribution in [-0.4, -0.2) is 18.8 Å². The lowest BCUT2D eigenvalue weighted by Crippen LogP contribution is -2.35. The molecule has 0 unspecified atom stereocenters. The first kappa shape index (κ1) is 24.5. The molecule has 0 rings (SSSR count). The van der Waals surface area contributed by atoms with Gasteiger partial charge in [-0.2, -0.15) is 12.6 Å². The van der Waals surface area contributed by atoms with Gasteiger partial charge in [-0.3, -0.25) is 0 Å². The lowest BCUT2D eigenvalue weighted by Gasteiger charge is -2.22. The van der Waals surface area contributed by atoms with Crippen LogP contribution in [0.15, 0.2) is 0 Å². The summed E-state index contributed by atoms with van der Waals surface area (Å²) in [5.41, 5.74) is 0.342. The highest BCUT2D eigenvalue weighted by atomic mass is 32.1. The van der Waals surface area contributed by atoms with Crippen LogP contribution < -0.4 is 5.32 Å². The van der Waals surface area contributed by atoms with E-state index in [0.29, 0.717) is 5.54 Å². The fraction of sp³-hybridized carbons (Fsp3) is 1.00. The Hall–Kier alpha value is 0.310. The smallest absolute Gasteiger partial charge is 0.0122 e. The van der Waals surface area contributed by atoms with Crippen LogP contribution in [0, 0.1) is 0 Å². The molecular formula is C13H35NS. The zero-order chi connectivity index (χ0) is 13.3. The standard InChI is InChI=1S/C7H17N.C3H8.C2H6.CH4S/c1-5-6-7(2,3)8-4;1-3-2;2*1-2/h8H,5-6H2,1-4H3;3H2,1-2H3;1-2H3;2H,1H3. The van der Waals surface area contributed by atoms with Gasteiger partial charge in [0.1, 0.15) is 0 Å². The molecular weight excluding hydrogens is 202 g/mol. The summed E-state index contributed by atoms with van der Waals surface area (Å²) in [4.78, 5) is 0. The van der Waals surface area contributed by atoms with E-state index in [9.17, 15) is 0 Å². The van der Waals surface area contributed by atoms with E-state index in [4.69, 9.17) is 0 Å². The molecule has 2 heteroatoms. The predicted octanol–water partition coefficient (Wildman–Crippen LogP) is 4.77. The molecule has 0 spiro atoms. The van der Waals surface area contributed by atoms with Crippen LogP contribution in [0.2, 0.25) is 0 Å². The van der Waals surface area contributed by atoms with Crippen molar-refractivity contribution in [3.8, 4) is 0 Å². The zero-order valence-electron chi connectivity index (χ0n) is 12.6. The lowest BCUT2D eigenvalue weighted by atomic mass is 10.00. The van der Waals surface area contributed by atoms with E-state index >= 15 is 0 Å². The molecule has 0 saturated carbocycles. The summed E-state index contributed by atoms with van der Waals surface area (Å²) >= 11 is 3.53. The van der Waals surface area contributed by atoms with Crippen molar-refractivity contribution in [1.82, 2.24) is 5.32 Å². The van der Waals surface area contributed by atoms with E-state index in [1.54, 1.807) is 6.26 Å². The highest BCUT2D eigenvalue weighted by molar-refractivity contribution is 7.79. The van der Waals surface area contributed by atoms with Crippen LogP contribution in [0.5, 0.6) is 0 Å². The van der Waals surface area contributed by atoms with Crippen LogP contribution in [0.25, 0.3) is 0 Å². The van der Waals surface area contributed by atoms with Gasteiger partial charge in [-0.1, -0.05) is 47.5 Å². The maximum absolute atomic E-state index is 3.53. The topological polar surface area (TPSA) is 12.0 Å². The third-order valence-electron chi connectivity index (χ3n) is 1.55. The average molecular weight is 237 g/mol. The van der Waals surface area contributed by atoms with E-state index in [1.807, 2.05) is 20.9 Å². The van der Waals surface area contributed by atoms with Crippen molar-refractivity contribution in [2.45, 2.75) is 73.3 Å². The molecule has 0 heterocycles. The minimum absolute atomic E-state index is 0.342. The van der Waals surface area contributed by atoms with Gasteiger partial charge in [0.05, 0.1) is 0 Å². The zero-order valence-corrected chi connectivity index (χ0v) is 13.5. The second-order valence-corrected chi connectivity index (χ2v) is 3.59. The Kier molecular flexibility index (Phi) is 39.0. The highest BCUT2D eigenvalue weighted by Gasteiger charge is 2.11. The summed E-state index contributed by atoms with van der Waals surface area (Å²) in [7, 11) is 2.01. The minimum Gasteiger partial charge on any atom is -0.315 e. The molecule has 0 amide bonds. The van der Waals surface area contributed by atoms with Crippen molar-refractivity contribution in [3.63, 3.8) is 0 Å². The van der Waals surface area contributed by atoms with Crippen molar-refractivity contribution in [2.24, 2.45) is 0 Å². The Morgan fingerprint density at radius 2 is 1.27 bits per heavy atom. The number of hydrogen-bond acceptors (Lipinski definition) is 2. The van der Waals surface area contributed by atoms with Gasteiger partial charge in [0.25, 0.3) is 0 Å². The molecule has 1 nitrogen and oxygen atoms in total. The summed E-state index contributed by atoms with van der Waals surface area (Å²) in [6.07, 6.45) is 5.46. The largest absolute Gasteiger partial charge is 0.315 e. The van der Waals surface area contributed by atoms with Gasteiger partial charge in [-0.05, 0) is 33.6 Å². The van der Waals surface area contributed by atoms with Gasteiger partial charge >= 0.3 is 0 Å². The van der Waals surface area contributed by atoms with Crippen LogP contribution in [0.4, 0.5) is 0 Å². The van der Waals surface area contributed by atoms with Crippen LogP contribution >= 0.6 is 12.6 Å². The van der Waals surface area contributed by atoms with Gasteiger partial charge in [-0.15, -0.1) is 0 Å². The van der Waals surface area contributed by atoms with Gasteiger partial charge in [0.15, 0.2) is 0 Å². The fourth-order valence-corrected chi connectivity index (χ4v) is 0.750. The summed E-state index contributed by atoms with van der Waals surface area (Å²) in [5, 5.41) is 3.24. The lowest BCUT2D eigenvalue weighted by molar-refractivity contribution is 0.389. The Balaban J connectivity index is -0.0000000726. The first-order valence-corrected chi connectivity index (χ1v) is 7.07. The van der Waals surface area contributed by atoms with E-state index in [2.05, 4.69) is 52.6 Å². The Morgan fingerprint density at radius 3 is 1.33 bits per heavy atom.